The highest BCUT2D eigenvalue weighted by Gasteiger charge is 2.25. The summed E-state index contributed by atoms with van der Waals surface area (Å²) in [5.41, 5.74) is 1.64. The average molecular weight is 420 g/mol. The van der Waals surface area contributed by atoms with Crippen LogP contribution in [0.15, 0.2) is 56.9 Å². The minimum absolute atomic E-state index is 0.0686. The molecular weight excluding hydrogens is 404 g/mol. The molecular formula is C22H16N2O5S. The highest BCUT2D eigenvalue weighted by Crippen LogP contribution is 2.30. The van der Waals surface area contributed by atoms with Gasteiger partial charge in [-0.1, -0.05) is 23.8 Å². The second kappa shape index (κ2) is 6.01. The molecule has 0 aliphatic rings. The number of aromatic amines is 2. The van der Waals surface area contributed by atoms with Crippen molar-refractivity contribution in [2.75, 3.05) is 0 Å². The Balaban J connectivity index is 2.17. The number of nitrogens with one attached hydrogen (secondary N) is 2. The molecule has 0 unspecified atom stereocenters. The standard InChI is InChI=1S/C22H16N2O5S/c1-10-6-7-14-12(8-10)20(25)18-16(23-14)9-13-19(22(18)30(27,28)29)24-15-5-3-4-11(2)17(15)21(13)26/h3-9H,1-2H3,(H,23,25)(H,24,26)(H,27,28,29). The van der Waals surface area contributed by atoms with Gasteiger partial charge in [-0.2, -0.15) is 8.42 Å². The Morgan fingerprint density at radius 3 is 2.27 bits per heavy atom. The van der Waals surface area contributed by atoms with Crippen molar-refractivity contribution in [2.45, 2.75) is 18.7 Å². The van der Waals surface area contributed by atoms with Crippen LogP contribution in [0.3, 0.4) is 0 Å². The SMILES string of the molecule is Cc1ccc2[nH]c3cc4c(=O)c5c(C)cccc5[nH]c4c(S(=O)(=O)O)c3c(=O)c2c1. The zero-order valence-corrected chi connectivity index (χ0v) is 16.8. The maximum absolute atomic E-state index is 13.3. The quantitative estimate of drug-likeness (QED) is 0.283. The summed E-state index contributed by atoms with van der Waals surface area (Å²) >= 11 is 0. The highest BCUT2D eigenvalue weighted by atomic mass is 32.2. The van der Waals surface area contributed by atoms with Gasteiger partial charge in [0.2, 0.25) is 0 Å². The molecule has 0 saturated heterocycles. The van der Waals surface area contributed by atoms with Crippen LogP contribution in [0.4, 0.5) is 0 Å². The topological polar surface area (TPSA) is 120 Å². The molecule has 0 saturated carbocycles. The van der Waals surface area contributed by atoms with Crippen molar-refractivity contribution in [1.29, 1.82) is 0 Å². The molecule has 0 fully saturated rings. The lowest BCUT2D eigenvalue weighted by Crippen LogP contribution is -2.14. The molecule has 30 heavy (non-hydrogen) atoms. The Kier molecular flexibility index (Phi) is 3.71. The molecule has 5 rings (SSSR count). The van der Waals surface area contributed by atoms with Gasteiger partial charge in [0.05, 0.1) is 21.9 Å². The number of aryl methyl sites for hydroxylation is 2. The first-order valence-corrected chi connectivity index (χ1v) is 10.6. The molecule has 2 aromatic heterocycles. The fourth-order valence-corrected chi connectivity index (χ4v) is 5.00. The molecule has 150 valence electrons. The monoisotopic (exact) mass is 420 g/mol. The van der Waals surface area contributed by atoms with Crippen molar-refractivity contribution >= 4 is 53.7 Å². The molecule has 0 amide bonds. The summed E-state index contributed by atoms with van der Waals surface area (Å²) in [6.45, 7) is 3.60. The van der Waals surface area contributed by atoms with Crippen LogP contribution in [0.25, 0.3) is 43.6 Å². The summed E-state index contributed by atoms with van der Waals surface area (Å²) < 4.78 is 34.9. The third-order valence-corrected chi connectivity index (χ3v) is 6.38. The van der Waals surface area contributed by atoms with E-state index in [1.807, 2.05) is 13.0 Å². The maximum atomic E-state index is 13.3. The molecule has 0 aliphatic carbocycles. The number of aromatic nitrogens is 2. The Morgan fingerprint density at radius 1 is 0.800 bits per heavy atom. The minimum Gasteiger partial charge on any atom is -0.354 e. The summed E-state index contributed by atoms with van der Waals surface area (Å²) in [6.07, 6.45) is 0. The molecule has 3 aromatic carbocycles. The molecule has 8 heteroatoms. The van der Waals surface area contributed by atoms with Gasteiger partial charge in [0.1, 0.15) is 4.90 Å². The zero-order chi connectivity index (χ0) is 21.4. The Morgan fingerprint density at radius 2 is 1.53 bits per heavy atom. The van der Waals surface area contributed by atoms with Crippen molar-refractivity contribution < 1.29 is 13.0 Å². The van der Waals surface area contributed by atoms with Crippen LogP contribution in [-0.4, -0.2) is 22.9 Å². The van der Waals surface area contributed by atoms with Gasteiger partial charge in [0.25, 0.3) is 10.1 Å². The van der Waals surface area contributed by atoms with Crippen LogP contribution < -0.4 is 10.9 Å². The number of fused-ring (bicyclic) bond motifs is 4. The summed E-state index contributed by atoms with van der Waals surface area (Å²) in [4.78, 5) is 31.9. The predicted molar refractivity (Wildman–Crippen MR) is 117 cm³/mol. The van der Waals surface area contributed by atoms with Gasteiger partial charge in [-0.3, -0.25) is 14.1 Å². The molecule has 3 N–H and O–H groups in total. The molecule has 0 bridgehead atoms. The van der Waals surface area contributed by atoms with Crippen LogP contribution >= 0.6 is 0 Å². The summed E-state index contributed by atoms with van der Waals surface area (Å²) in [5, 5.41) is 0.597. The molecule has 0 atom stereocenters. The second-order valence-electron chi connectivity index (χ2n) is 7.48. The third-order valence-electron chi connectivity index (χ3n) is 5.46. The number of rotatable bonds is 1. The predicted octanol–water partition coefficient (Wildman–Crippen LogP) is 3.54. The largest absolute Gasteiger partial charge is 0.354 e. The molecule has 5 aromatic rings. The van der Waals surface area contributed by atoms with Gasteiger partial charge in [0.15, 0.2) is 10.9 Å². The van der Waals surface area contributed by atoms with Crippen molar-refractivity contribution in [1.82, 2.24) is 9.97 Å². The van der Waals surface area contributed by atoms with Crippen LogP contribution in [0.2, 0.25) is 0 Å². The van der Waals surface area contributed by atoms with E-state index in [9.17, 15) is 22.6 Å². The first-order chi connectivity index (χ1) is 14.2. The van der Waals surface area contributed by atoms with Gasteiger partial charge >= 0.3 is 0 Å². The van der Waals surface area contributed by atoms with E-state index in [1.54, 1.807) is 37.3 Å². The number of hydrogen-bond donors (Lipinski definition) is 3. The van der Waals surface area contributed by atoms with E-state index in [-0.39, 0.29) is 27.2 Å². The summed E-state index contributed by atoms with van der Waals surface area (Å²) in [6, 6.07) is 11.8. The van der Waals surface area contributed by atoms with E-state index in [0.717, 1.165) is 11.1 Å². The van der Waals surface area contributed by atoms with Crippen LogP contribution in [0.1, 0.15) is 11.1 Å². The van der Waals surface area contributed by atoms with Crippen molar-refractivity contribution in [3.8, 4) is 0 Å². The average Bonchev–Trinajstić information content (AvgIpc) is 2.67. The van der Waals surface area contributed by atoms with Gasteiger partial charge < -0.3 is 9.97 Å². The first kappa shape index (κ1) is 18.5. The first-order valence-electron chi connectivity index (χ1n) is 9.19. The van der Waals surface area contributed by atoms with Crippen LogP contribution in [0.5, 0.6) is 0 Å². The lowest BCUT2D eigenvalue weighted by atomic mass is 10.0. The number of pyridine rings is 2. The van der Waals surface area contributed by atoms with E-state index in [2.05, 4.69) is 9.97 Å². The van der Waals surface area contributed by atoms with E-state index in [1.165, 1.54) is 6.07 Å². The van der Waals surface area contributed by atoms with E-state index in [4.69, 9.17) is 0 Å². The van der Waals surface area contributed by atoms with Gasteiger partial charge in [-0.15, -0.1) is 0 Å². The maximum Gasteiger partial charge on any atom is 0.297 e. The molecule has 0 aliphatic heterocycles. The Hall–Kier alpha value is -3.49. The lowest BCUT2D eigenvalue weighted by molar-refractivity contribution is 0.485. The number of hydrogen-bond acceptors (Lipinski definition) is 4. The molecule has 0 spiro atoms. The number of H-pyrrole nitrogens is 2. The van der Waals surface area contributed by atoms with Gasteiger partial charge in [-0.25, -0.2) is 0 Å². The second-order valence-corrected chi connectivity index (χ2v) is 8.84. The Labute approximate surface area is 169 Å². The smallest absolute Gasteiger partial charge is 0.297 e. The van der Waals surface area contributed by atoms with Gasteiger partial charge in [-0.05, 0) is 43.7 Å². The lowest BCUT2D eigenvalue weighted by Gasteiger charge is -2.12. The molecule has 2 heterocycles. The highest BCUT2D eigenvalue weighted by molar-refractivity contribution is 7.86. The fraction of sp³-hybridized carbons (Fsp3) is 0.0909. The van der Waals surface area contributed by atoms with Crippen molar-refractivity contribution in [3.05, 3.63) is 74.0 Å². The van der Waals surface area contributed by atoms with Crippen LogP contribution in [-0.2, 0) is 10.1 Å². The van der Waals surface area contributed by atoms with Crippen molar-refractivity contribution in [3.63, 3.8) is 0 Å². The van der Waals surface area contributed by atoms with Crippen LogP contribution in [0, 0.1) is 13.8 Å². The summed E-state index contributed by atoms with van der Waals surface area (Å²) in [7, 11) is -4.84. The minimum atomic E-state index is -4.84. The normalized spacial score (nSPS) is 12.4. The zero-order valence-electron chi connectivity index (χ0n) is 16.0. The summed E-state index contributed by atoms with van der Waals surface area (Å²) in [5.74, 6) is 0. The van der Waals surface area contributed by atoms with E-state index >= 15 is 0 Å². The molecule has 0 radical (unpaired) electrons. The fourth-order valence-electron chi connectivity index (χ4n) is 4.12. The van der Waals surface area contributed by atoms with E-state index < -0.39 is 20.4 Å². The third kappa shape index (κ3) is 2.51. The van der Waals surface area contributed by atoms with E-state index in [0.29, 0.717) is 21.8 Å². The number of benzene rings is 3. The van der Waals surface area contributed by atoms with Crippen molar-refractivity contribution in [2.24, 2.45) is 0 Å². The van der Waals surface area contributed by atoms with Gasteiger partial charge in [0, 0.05) is 21.7 Å². The Bertz CT molecular complexity index is 1780. The molecule has 7 nitrogen and oxygen atoms in total.